The van der Waals surface area contributed by atoms with Crippen LogP contribution in [0.4, 0.5) is 0 Å². The van der Waals surface area contributed by atoms with E-state index in [1.165, 1.54) is 0 Å². The maximum absolute atomic E-state index is 4.83. The molecular formula is C6H11NO. The summed E-state index contributed by atoms with van der Waals surface area (Å²) in [5.74, 6) is 0. The van der Waals surface area contributed by atoms with E-state index in [0.29, 0.717) is 6.73 Å². The lowest BCUT2D eigenvalue weighted by Crippen LogP contribution is -2.19. The second-order valence-corrected chi connectivity index (χ2v) is 1.56. The van der Waals surface area contributed by atoms with Crippen LogP contribution in [0.2, 0.25) is 0 Å². The number of rotatable bonds is 3. The highest BCUT2D eigenvalue weighted by Crippen LogP contribution is 1.78. The Morgan fingerprint density at radius 1 is 1.75 bits per heavy atom. The molecule has 8 heavy (non-hydrogen) atoms. The van der Waals surface area contributed by atoms with Crippen LogP contribution in [0.1, 0.15) is 6.92 Å². The molecule has 0 aromatic heterocycles. The molecular weight excluding hydrogens is 102 g/mol. The standard InChI is InChI=1S/C6H11NO/c1-4-7(3)6-8-5-2/h2H,4,6H2,1,3H3. The molecule has 2 nitrogen and oxygen atoms in total. The fraction of sp³-hybridized carbons (Fsp3) is 0.667. The van der Waals surface area contributed by atoms with Gasteiger partial charge in [-0.3, -0.25) is 4.90 Å². The second kappa shape index (κ2) is 4.48. The molecule has 0 aliphatic rings. The Bertz CT molecular complexity index is 85.0. The van der Waals surface area contributed by atoms with Crippen molar-refractivity contribution in [1.82, 2.24) is 4.90 Å². The Morgan fingerprint density at radius 2 is 2.38 bits per heavy atom. The van der Waals surface area contributed by atoms with Gasteiger partial charge in [0.05, 0.1) is 0 Å². The van der Waals surface area contributed by atoms with Crippen molar-refractivity contribution < 1.29 is 4.74 Å². The molecule has 0 aromatic carbocycles. The van der Waals surface area contributed by atoms with Crippen LogP contribution < -0.4 is 0 Å². The van der Waals surface area contributed by atoms with Gasteiger partial charge >= 0.3 is 0 Å². The van der Waals surface area contributed by atoms with E-state index < -0.39 is 0 Å². The summed E-state index contributed by atoms with van der Waals surface area (Å²) in [6.45, 7) is 3.52. The molecule has 0 fully saturated rings. The number of hydrogen-bond acceptors (Lipinski definition) is 2. The van der Waals surface area contributed by atoms with Gasteiger partial charge in [0.15, 0.2) is 6.73 Å². The summed E-state index contributed by atoms with van der Waals surface area (Å²) < 4.78 is 4.64. The maximum atomic E-state index is 4.83. The Hall–Kier alpha value is -0.680. The van der Waals surface area contributed by atoms with Crippen molar-refractivity contribution in [2.75, 3.05) is 20.3 Å². The molecule has 0 spiro atoms. The van der Waals surface area contributed by atoms with Crippen LogP contribution >= 0.6 is 0 Å². The first-order valence-electron chi connectivity index (χ1n) is 2.57. The van der Waals surface area contributed by atoms with Crippen LogP contribution in [-0.4, -0.2) is 25.2 Å². The van der Waals surface area contributed by atoms with Crippen molar-refractivity contribution in [1.29, 1.82) is 0 Å². The largest absolute Gasteiger partial charge is 0.431 e. The number of nitrogens with zero attached hydrogens (tertiary/aromatic N) is 1. The minimum absolute atomic E-state index is 0.521. The minimum Gasteiger partial charge on any atom is -0.431 e. The third kappa shape index (κ3) is 3.51. The number of ether oxygens (including phenoxy) is 1. The van der Waals surface area contributed by atoms with Gasteiger partial charge in [0, 0.05) is 0 Å². The van der Waals surface area contributed by atoms with Crippen molar-refractivity contribution in [3.8, 4) is 12.5 Å². The quantitative estimate of drug-likeness (QED) is 0.390. The zero-order valence-electron chi connectivity index (χ0n) is 5.35. The molecule has 0 N–H and O–H groups in total. The van der Waals surface area contributed by atoms with Crippen molar-refractivity contribution in [3.63, 3.8) is 0 Å². The zero-order chi connectivity index (χ0) is 6.41. The molecule has 0 rings (SSSR count). The lowest BCUT2D eigenvalue weighted by molar-refractivity contribution is 0.133. The maximum Gasteiger partial charge on any atom is 0.153 e. The fourth-order valence-corrected chi connectivity index (χ4v) is 0.239. The van der Waals surface area contributed by atoms with Crippen molar-refractivity contribution in [2.45, 2.75) is 6.92 Å². The molecule has 0 unspecified atom stereocenters. The van der Waals surface area contributed by atoms with E-state index in [4.69, 9.17) is 6.42 Å². The molecule has 0 atom stereocenters. The van der Waals surface area contributed by atoms with Crippen LogP contribution in [0.5, 0.6) is 0 Å². The lowest BCUT2D eigenvalue weighted by atomic mass is 10.7. The highest BCUT2D eigenvalue weighted by Gasteiger charge is 1.88. The molecule has 0 heterocycles. The lowest BCUT2D eigenvalue weighted by Gasteiger charge is -2.09. The summed E-state index contributed by atoms with van der Waals surface area (Å²) in [6, 6.07) is 0. The SMILES string of the molecule is C#COCN(C)CC. The van der Waals surface area contributed by atoms with Gasteiger partial charge in [-0.15, -0.1) is 0 Å². The molecule has 0 bridgehead atoms. The third-order valence-electron chi connectivity index (χ3n) is 0.908. The van der Waals surface area contributed by atoms with E-state index in [2.05, 4.69) is 10.8 Å². The van der Waals surface area contributed by atoms with Crippen molar-refractivity contribution in [2.24, 2.45) is 0 Å². The molecule has 0 aliphatic heterocycles. The van der Waals surface area contributed by atoms with E-state index in [0.717, 1.165) is 6.54 Å². The smallest absolute Gasteiger partial charge is 0.153 e. The summed E-state index contributed by atoms with van der Waals surface area (Å²) in [5.41, 5.74) is 0. The van der Waals surface area contributed by atoms with Crippen LogP contribution in [0.15, 0.2) is 0 Å². The molecule has 0 amide bonds. The fourth-order valence-electron chi connectivity index (χ4n) is 0.239. The van der Waals surface area contributed by atoms with Gasteiger partial charge in [0.25, 0.3) is 0 Å². The summed E-state index contributed by atoms with van der Waals surface area (Å²) in [7, 11) is 1.94. The van der Waals surface area contributed by atoms with E-state index in [-0.39, 0.29) is 0 Å². The topological polar surface area (TPSA) is 12.5 Å². The highest BCUT2D eigenvalue weighted by atomic mass is 16.5. The molecule has 0 saturated carbocycles. The molecule has 0 saturated heterocycles. The number of terminal acetylenes is 1. The molecule has 2 heteroatoms. The normalized spacial score (nSPS) is 8.75. The van der Waals surface area contributed by atoms with Gasteiger partial charge in [-0.25, -0.2) is 0 Å². The Balaban J connectivity index is 3.01. The minimum atomic E-state index is 0.521. The Kier molecular flexibility index (Phi) is 4.10. The predicted molar refractivity (Wildman–Crippen MR) is 33.1 cm³/mol. The van der Waals surface area contributed by atoms with Gasteiger partial charge < -0.3 is 4.74 Å². The van der Waals surface area contributed by atoms with Crippen LogP contribution in [0.3, 0.4) is 0 Å². The first kappa shape index (κ1) is 7.32. The predicted octanol–water partition coefficient (Wildman–Crippen LogP) is 0.503. The first-order chi connectivity index (χ1) is 3.81. The third-order valence-corrected chi connectivity index (χ3v) is 0.908. The van der Waals surface area contributed by atoms with Crippen molar-refractivity contribution in [3.05, 3.63) is 0 Å². The summed E-state index contributed by atoms with van der Waals surface area (Å²) in [4.78, 5) is 1.97. The molecule has 0 aromatic rings. The molecule has 0 radical (unpaired) electrons. The Labute approximate surface area is 50.4 Å². The highest BCUT2D eigenvalue weighted by molar-refractivity contribution is 4.67. The first-order valence-corrected chi connectivity index (χ1v) is 2.57. The molecule has 46 valence electrons. The Morgan fingerprint density at radius 3 is 2.75 bits per heavy atom. The monoisotopic (exact) mass is 113 g/mol. The average Bonchev–Trinajstić information content (AvgIpc) is 1.83. The van der Waals surface area contributed by atoms with E-state index in [1.807, 2.05) is 18.9 Å². The van der Waals surface area contributed by atoms with E-state index in [1.54, 1.807) is 0 Å². The zero-order valence-corrected chi connectivity index (χ0v) is 5.35. The van der Waals surface area contributed by atoms with Gasteiger partial charge in [0.2, 0.25) is 0 Å². The van der Waals surface area contributed by atoms with Gasteiger partial charge in [0.1, 0.15) is 6.11 Å². The van der Waals surface area contributed by atoms with Crippen LogP contribution in [0, 0.1) is 12.5 Å². The summed E-state index contributed by atoms with van der Waals surface area (Å²) >= 11 is 0. The number of hydrogen-bond donors (Lipinski definition) is 0. The van der Waals surface area contributed by atoms with Gasteiger partial charge in [-0.1, -0.05) is 13.3 Å². The second-order valence-electron chi connectivity index (χ2n) is 1.56. The average molecular weight is 113 g/mol. The van der Waals surface area contributed by atoms with Crippen LogP contribution in [0.25, 0.3) is 0 Å². The summed E-state index contributed by atoms with van der Waals surface area (Å²) in [5, 5.41) is 0. The summed E-state index contributed by atoms with van der Waals surface area (Å²) in [6.07, 6.45) is 6.92. The van der Waals surface area contributed by atoms with Crippen molar-refractivity contribution >= 4 is 0 Å². The van der Waals surface area contributed by atoms with E-state index in [9.17, 15) is 0 Å². The van der Waals surface area contributed by atoms with Gasteiger partial charge in [-0.05, 0) is 13.6 Å². The molecule has 0 aliphatic carbocycles. The van der Waals surface area contributed by atoms with Crippen LogP contribution in [-0.2, 0) is 4.74 Å². The van der Waals surface area contributed by atoms with E-state index >= 15 is 0 Å². The van der Waals surface area contributed by atoms with Gasteiger partial charge in [-0.2, -0.15) is 0 Å².